The van der Waals surface area contributed by atoms with Crippen LogP contribution < -0.4 is 16.3 Å². The van der Waals surface area contributed by atoms with Gasteiger partial charge in [-0.1, -0.05) is 60.7 Å². The molecule has 2 aromatic heterocycles. The van der Waals surface area contributed by atoms with E-state index >= 15 is 0 Å². The van der Waals surface area contributed by atoms with Gasteiger partial charge in [0.1, 0.15) is 5.82 Å². The van der Waals surface area contributed by atoms with Crippen molar-refractivity contribution in [1.29, 1.82) is 0 Å². The van der Waals surface area contributed by atoms with Gasteiger partial charge in [0.05, 0.1) is 26.8 Å². The minimum absolute atomic E-state index is 0.0126. The summed E-state index contributed by atoms with van der Waals surface area (Å²) in [5.74, 6) is 2.26. The number of thioether (sulfide) groups is 2. The molecule has 7 rings (SSSR count). The Labute approximate surface area is 280 Å². The van der Waals surface area contributed by atoms with Crippen LogP contribution in [0.5, 0.6) is 0 Å². The third kappa shape index (κ3) is 5.87. The van der Waals surface area contributed by atoms with Gasteiger partial charge < -0.3 is 15.5 Å². The van der Waals surface area contributed by atoms with Crippen molar-refractivity contribution in [3.63, 3.8) is 0 Å². The predicted molar refractivity (Wildman–Crippen MR) is 190 cm³/mol. The molecule has 5 heterocycles. The number of fused-ring (bicyclic) bond motifs is 1. The number of benzene rings is 2. The lowest BCUT2D eigenvalue weighted by Crippen LogP contribution is -2.49. The molecule has 3 aliphatic heterocycles. The van der Waals surface area contributed by atoms with Crippen molar-refractivity contribution in [2.24, 2.45) is 5.92 Å². The number of para-hydroxylation sites is 1. The molecule has 0 unspecified atom stereocenters. The zero-order valence-corrected chi connectivity index (χ0v) is 28.8. The third-order valence-corrected chi connectivity index (χ3v) is 12.7. The highest BCUT2D eigenvalue weighted by Crippen LogP contribution is 2.49. The molecule has 1 atom stereocenters. The summed E-state index contributed by atoms with van der Waals surface area (Å²) in [5.41, 5.74) is 9.47. The quantitative estimate of drug-likeness (QED) is 0.262. The monoisotopic (exact) mass is 683 g/mol. The Kier molecular flexibility index (Phi) is 9.06. The van der Waals surface area contributed by atoms with Gasteiger partial charge in [-0.25, -0.2) is 9.78 Å². The minimum Gasteiger partial charge on any atom is -0.375 e. The van der Waals surface area contributed by atoms with Crippen molar-refractivity contribution >= 4 is 83.6 Å². The van der Waals surface area contributed by atoms with E-state index in [1.54, 1.807) is 11.8 Å². The number of nitrogens with zero attached hydrogens (tertiary/aromatic N) is 6. The summed E-state index contributed by atoms with van der Waals surface area (Å²) in [7, 11) is 0. The number of hydrogen-bond donors (Lipinski definition) is 1. The number of halogens is 1. The molecule has 2 saturated heterocycles. The maximum absolute atomic E-state index is 14.1. The van der Waals surface area contributed by atoms with Crippen LogP contribution in [-0.4, -0.2) is 93.3 Å². The number of nitrogens with two attached hydrogens (primary N) is 1. The second-order valence-corrected chi connectivity index (χ2v) is 15.7. The van der Waals surface area contributed by atoms with Crippen molar-refractivity contribution in [2.75, 3.05) is 74.5 Å². The molecule has 0 bridgehead atoms. The van der Waals surface area contributed by atoms with E-state index in [-0.39, 0.29) is 22.8 Å². The fourth-order valence-corrected chi connectivity index (χ4v) is 10.2. The van der Waals surface area contributed by atoms with Gasteiger partial charge in [-0.05, 0) is 37.3 Å². The van der Waals surface area contributed by atoms with E-state index < -0.39 is 0 Å². The van der Waals surface area contributed by atoms with E-state index in [2.05, 4.69) is 26.6 Å². The minimum atomic E-state index is -0.222. The van der Waals surface area contributed by atoms with Gasteiger partial charge in [0.25, 0.3) is 0 Å². The summed E-state index contributed by atoms with van der Waals surface area (Å²) in [6, 6.07) is 8.07. The Hall–Kier alpha value is -2.35. The van der Waals surface area contributed by atoms with Crippen LogP contribution in [0.1, 0.15) is 32.7 Å². The Morgan fingerprint density at radius 1 is 1.09 bits per heavy atom. The molecular formula is C32H38ClN7O2S3. The molecule has 0 amide bonds. The van der Waals surface area contributed by atoms with Gasteiger partial charge in [0.2, 0.25) is 0 Å². The molecule has 13 heteroatoms. The van der Waals surface area contributed by atoms with Crippen LogP contribution >= 0.6 is 46.5 Å². The fourth-order valence-electron chi connectivity index (χ4n) is 7.03. The number of carbonyl (C=O) groups excluding carboxylic acids is 1. The smallest absolute Gasteiger partial charge is 0.350 e. The lowest BCUT2D eigenvalue weighted by atomic mass is 9.97. The molecular weight excluding hydrogens is 646 g/mol. The number of aromatic nitrogens is 3. The number of anilines is 2. The molecule has 2 fully saturated rings. The summed E-state index contributed by atoms with van der Waals surface area (Å²) in [6.07, 6.45) is 1.51. The topological polar surface area (TPSA) is 101 Å². The molecule has 238 valence electrons. The number of piperidine rings is 1. The van der Waals surface area contributed by atoms with Crippen LogP contribution in [0.3, 0.4) is 0 Å². The Balaban J connectivity index is 1.35. The average molecular weight is 684 g/mol. The van der Waals surface area contributed by atoms with Gasteiger partial charge in [0, 0.05) is 78.9 Å². The fraction of sp³-hybridized carbons (Fsp3) is 0.500. The van der Waals surface area contributed by atoms with E-state index in [0.29, 0.717) is 29.1 Å². The molecule has 3 aliphatic rings. The first-order valence-electron chi connectivity index (χ1n) is 15.8. The van der Waals surface area contributed by atoms with E-state index in [0.717, 1.165) is 101 Å². The van der Waals surface area contributed by atoms with Crippen LogP contribution in [0.25, 0.3) is 32.2 Å². The average Bonchev–Trinajstić information content (AvgIpc) is 3.44. The molecule has 0 spiro atoms. The summed E-state index contributed by atoms with van der Waals surface area (Å²) < 4.78 is 2.95. The second-order valence-electron chi connectivity index (χ2n) is 12.0. The van der Waals surface area contributed by atoms with Gasteiger partial charge >= 0.3 is 5.69 Å². The molecule has 0 radical (unpaired) electrons. The zero-order valence-electron chi connectivity index (χ0n) is 25.6. The molecule has 2 aromatic carbocycles. The number of rotatable bonds is 7. The standard InChI is InChI=1S/C32H38ClN7O2S3/c1-3-37-12-14-38(15-13-37)17-20-18-44-28-25(21-6-5-7-24-26(21)35-31(34)45-24)23(33)16-22-27(28)40(20)32(42)36-29(22)39-10-8-19(9-11-39)30(41)43-4-2/h5-7,16,19-20H,3-4,8-15,17-18H2,1-2H3,(H2,34,35)/t20-/m0/s1. The highest BCUT2D eigenvalue weighted by atomic mass is 35.5. The number of likely N-dealkylation sites (N-methyl/N-ethyl adjacent to an activating group) is 1. The Morgan fingerprint density at radius 2 is 1.84 bits per heavy atom. The van der Waals surface area contributed by atoms with Crippen LogP contribution in [-0.2, 0) is 4.79 Å². The van der Waals surface area contributed by atoms with Gasteiger partial charge in [-0.2, -0.15) is 4.98 Å². The second kappa shape index (κ2) is 13.0. The SMILES string of the molecule is CCSC(=O)C1CCN(c2nc(=O)n3c4c(c(-c5cccc6sc(N)nc56)c(Cl)cc24)SC[C@@H]3CN2CCN(CC)CC2)CC1. The maximum atomic E-state index is 14.1. The summed E-state index contributed by atoms with van der Waals surface area (Å²) in [4.78, 5) is 44.3. The van der Waals surface area contributed by atoms with Gasteiger partial charge in [0.15, 0.2) is 10.2 Å². The van der Waals surface area contributed by atoms with E-state index in [4.69, 9.17) is 22.3 Å². The van der Waals surface area contributed by atoms with E-state index in [1.807, 2.05) is 35.8 Å². The summed E-state index contributed by atoms with van der Waals surface area (Å²) in [6.45, 7) is 11.5. The molecule has 0 aliphatic carbocycles. The number of nitrogen functional groups attached to an aromatic ring is 1. The largest absolute Gasteiger partial charge is 0.375 e. The number of hydrogen-bond acceptors (Lipinski definition) is 11. The summed E-state index contributed by atoms with van der Waals surface area (Å²) >= 11 is 11.9. The lowest BCUT2D eigenvalue weighted by Gasteiger charge is -2.38. The Morgan fingerprint density at radius 3 is 2.58 bits per heavy atom. The molecule has 0 saturated carbocycles. The van der Waals surface area contributed by atoms with Crippen LogP contribution in [0.15, 0.2) is 34.0 Å². The summed E-state index contributed by atoms with van der Waals surface area (Å²) in [5, 5.41) is 2.28. The van der Waals surface area contributed by atoms with E-state index in [9.17, 15) is 9.59 Å². The molecule has 4 aromatic rings. The lowest BCUT2D eigenvalue weighted by molar-refractivity contribution is -0.114. The maximum Gasteiger partial charge on any atom is 0.350 e. The highest BCUT2D eigenvalue weighted by Gasteiger charge is 2.34. The van der Waals surface area contributed by atoms with Crippen LogP contribution in [0.2, 0.25) is 5.02 Å². The van der Waals surface area contributed by atoms with Crippen molar-refractivity contribution < 1.29 is 4.79 Å². The van der Waals surface area contributed by atoms with Gasteiger partial charge in [-0.15, -0.1) is 11.8 Å². The van der Waals surface area contributed by atoms with Crippen molar-refractivity contribution in [1.82, 2.24) is 24.3 Å². The van der Waals surface area contributed by atoms with Crippen LogP contribution in [0.4, 0.5) is 10.9 Å². The first kappa shape index (κ1) is 31.3. The van der Waals surface area contributed by atoms with E-state index in [1.165, 1.54) is 23.1 Å². The number of piperazine rings is 1. The third-order valence-electron chi connectivity index (χ3n) is 9.38. The Bertz CT molecular complexity index is 1810. The molecule has 45 heavy (non-hydrogen) atoms. The highest BCUT2D eigenvalue weighted by molar-refractivity contribution is 8.13. The first-order chi connectivity index (χ1) is 21.9. The molecule has 9 nitrogen and oxygen atoms in total. The molecule has 2 N–H and O–H groups in total. The van der Waals surface area contributed by atoms with Crippen molar-refractivity contribution in [3.8, 4) is 11.1 Å². The van der Waals surface area contributed by atoms with Gasteiger partial charge in [-0.3, -0.25) is 14.3 Å². The van der Waals surface area contributed by atoms with Crippen molar-refractivity contribution in [2.45, 2.75) is 37.6 Å². The zero-order chi connectivity index (χ0) is 31.2. The van der Waals surface area contributed by atoms with Crippen molar-refractivity contribution in [3.05, 3.63) is 39.8 Å². The number of carbonyl (C=O) groups is 1. The predicted octanol–water partition coefficient (Wildman–Crippen LogP) is 5.69. The number of thiazole rings is 1. The van der Waals surface area contributed by atoms with Crippen LogP contribution in [0, 0.1) is 5.92 Å². The normalized spacial score (nSPS) is 20.0. The first-order valence-corrected chi connectivity index (χ1v) is 19.0.